The Labute approximate surface area is 266 Å². The Hall–Kier alpha value is -4.63. The molecule has 0 fully saturated rings. The molecule has 0 saturated carbocycles. The van der Waals surface area contributed by atoms with Crippen LogP contribution in [-0.2, 0) is 32.6 Å². The molecule has 0 saturated heterocycles. The third-order valence-electron chi connectivity index (χ3n) is 7.55. The molecule has 1 atom stereocenters. The van der Waals surface area contributed by atoms with Crippen molar-refractivity contribution in [2.45, 2.75) is 57.6 Å². The number of carbonyl (C=O) groups is 2. The summed E-state index contributed by atoms with van der Waals surface area (Å²) in [5, 5.41) is 2.98. The molecule has 8 nitrogen and oxygen atoms in total. The Kier molecular flexibility index (Phi) is 11.0. The van der Waals surface area contributed by atoms with Crippen LogP contribution in [0.15, 0.2) is 108 Å². The molecule has 0 spiro atoms. The molecule has 4 aromatic rings. The van der Waals surface area contributed by atoms with Crippen LogP contribution < -0.4 is 14.4 Å². The molecule has 45 heavy (non-hydrogen) atoms. The van der Waals surface area contributed by atoms with Gasteiger partial charge in [0.2, 0.25) is 11.8 Å². The van der Waals surface area contributed by atoms with E-state index in [0.717, 1.165) is 26.6 Å². The molecule has 2 amide bonds. The number of rotatable bonds is 13. The van der Waals surface area contributed by atoms with Gasteiger partial charge in [-0.15, -0.1) is 0 Å². The second kappa shape index (κ2) is 14.9. The van der Waals surface area contributed by atoms with Gasteiger partial charge in [0.25, 0.3) is 10.0 Å². The highest BCUT2D eigenvalue weighted by atomic mass is 32.2. The Morgan fingerprint density at radius 2 is 1.44 bits per heavy atom. The van der Waals surface area contributed by atoms with E-state index in [0.29, 0.717) is 5.75 Å². The Bertz CT molecular complexity index is 1710. The first-order valence-electron chi connectivity index (χ1n) is 14.9. The van der Waals surface area contributed by atoms with Crippen molar-refractivity contribution in [2.75, 3.05) is 18.0 Å². The summed E-state index contributed by atoms with van der Waals surface area (Å²) in [7, 11) is -2.78. The summed E-state index contributed by atoms with van der Waals surface area (Å²) in [6.07, 6.45) is 0.246. The number of aryl methyl sites for hydroxylation is 2. The summed E-state index contributed by atoms with van der Waals surface area (Å²) in [5.74, 6) is -0.550. The number of ether oxygens (including phenoxy) is 1. The normalized spacial score (nSPS) is 12.0. The number of nitrogens with zero attached hydrogens (tertiary/aromatic N) is 2. The van der Waals surface area contributed by atoms with E-state index in [9.17, 15) is 18.0 Å². The number of methoxy groups -OCH3 is 1. The van der Waals surface area contributed by atoms with E-state index < -0.39 is 28.5 Å². The number of sulfonamides is 1. The zero-order valence-electron chi connectivity index (χ0n) is 26.4. The predicted molar refractivity (Wildman–Crippen MR) is 178 cm³/mol. The minimum atomic E-state index is -4.23. The fourth-order valence-corrected chi connectivity index (χ4v) is 6.52. The zero-order chi connectivity index (χ0) is 32.6. The van der Waals surface area contributed by atoms with Gasteiger partial charge in [-0.3, -0.25) is 13.9 Å². The SMILES string of the molecule is COc1ccccc1N(CC(=O)N(Cc1ccccc1C)[C@@H](Cc1ccccc1)C(=O)NC(C)C)S(=O)(=O)c1ccc(C)cc1. The quantitative estimate of drug-likeness (QED) is 0.206. The van der Waals surface area contributed by atoms with Gasteiger partial charge in [0.1, 0.15) is 18.3 Å². The first-order chi connectivity index (χ1) is 21.5. The standard InChI is InChI=1S/C36H41N3O5S/c1-26(2)37-36(41)33(23-29-14-7-6-8-15-29)38(24-30-16-10-9-13-28(30)4)35(40)25-39(32-17-11-12-18-34(32)44-5)45(42,43)31-21-19-27(3)20-22-31/h6-22,26,33H,23-25H2,1-5H3,(H,37,41)/t33-/m0/s1. The molecule has 0 heterocycles. The summed E-state index contributed by atoms with van der Waals surface area (Å²) < 4.78 is 35.1. The lowest BCUT2D eigenvalue weighted by molar-refractivity contribution is -0.140. The van der Waals surface area contributed by atoms with Gasteiger partial charge in [0.15, 0.2) is 0 Å². The van der Waals surface area contributed by atoms with Crippen molar-refractivity contribution >= 4 is 27.5 Å². The smallest absolute Gasteiger partial charge is 0.264 e. The maximum absolute atomic E-state index is 14.6. The highest BCUT2D eigenvalue weighted by Crippen LogP contribution is 2.33. The van der Waals surface area contributed by atoms with Crippen molar-refractivity contribution in [1.29, 1.82) is 0 Å². The van der Waals surface area contributed by atoms with Gasteiger partial charge in [-0.1, -0.05) is 84.4 Å². The molecule has 0 aromatic heterocycles. The van der Waals surface area contributed by atoms with Crippen LogP contribution >= 0.6 is 0 Å². The van der Waals surface area contributed by atoms with Crippen LogP contribution in [0.3, 0.4) is 0 Å². The fraction of sp³-hybridized carbons (Fsp3) is 0.278. The molecule has 4 rings (SSSR count). The lowest BCUT2D eigenvalue weighted by Crippen LogP contribution is -2.54. The molecule has 0 bridgehead atoms. The summed E-state index contributed by atoms with van der Waals surface area (Å²) in [4.78, 5) is 30.0. The predicted octanol–water partition coefficient (Wildman–Crippen LogP) is 5.67. The van der Waals surface area contributed by atoms with Gasteiger partial charge in [0.05, 0.1) is 17.7 Å². The lowest BCUT2D eigenvalue weighted by atomic mass is 10.0. The second-order valence-electron chi connectivity index (χ2n) is 11.3. The fourth-order valence-electron chi connectivity index (χ4n) is 5.09. The number of carbonyl (C=O) groups excluding carboxylic acids is 2. The zero-order valence-corrected chi connectivity index (χ0v) is 27.3. The summed E-state index contributed by atoms with van der Waals surface area (Å²) >= 11 is 0. The van der Waals surface area contributed by atoms with Crippen molar-refractivity contribution < 1.29 is 22.7 Å². The van der Waals surface area contributed by atoms with E-state index in [2.05, 4.69) is 5.32 Å². The highest BCUT2D eigenvalue weighted by molar-refractivity contribution is 7.92. The molecule has 0 radical (unpaired) electrons. The summed E-state index contributed by atoms with van der Waals surface area (Å²) in [6.45, 7) is 7.10. The highest BCUT2D eigenvalue weighted by Gasteiger charge is 2.35. The minimum absolute atomic E-state index is 0.0376. The van der Waals surface area contributed by atoms with E-state index in [1.807, 2.05) is 82.3 Å². The topological polar surface area (TPSA) is 96.0 Å². The number of benzene rings is 4. The van der Waals surface area contributed by atoms with E-state index in [1.54, 1.807) is 36.4 Å². The molecule has 0 aliphatic rings. The Morgan fingerprint density at radius 3 is 2.09 bits per heavy atom. The van der Waals surface area contributed by atoms with Crippen LogP contribution in [-0.4, -0.2) is 50.9 Å². The van der Waals surface area contributed by atoms with Crippen LogP contribution in [0.4, 0.5) is 5.69 Å². The first kappa shape index (κ1) is 33.3. The maximum Gasteiger partial charge on any atom is 0.264 e. The Morgan fingerprint density at radius 1 is 0.822 bits per heavy atom. The summed E-state index contributed by atoms with van der Waals surface area (Å²) in [5.41, 5.74) is 3.80. The Balaban J connectivity index is 1.84. The van der Waals surface area contributed by atoms with Gasteiger partial charge in [-0.2, -0.15) is 0 Å². The van der Waals surface area contributed by atoms with E-state index in [-0.39, 0.29) is 35.5 Å². The number of nitrogens with one attached hydrogen (secondary N) is 1. The molecule has 0 aliphatic carbocycles. The van der Waals surface area contributed by atoms with Crippen molar-refractivity contribution in [3.05, 3.63) is 125 Å². The second-order valence-corrected chi connectivity index (χ2v) is 13.2. The average molecular weight is 628 g/mol. The van der Waals surface area contributed by atoms with Gasteiger partial charge < -0.3 is 15.0 Å². The van der Waals surface area contributed by atoms with Crippen molar-refractivity contribution in [2.24, 2.45) is 0 Å². The van der Waals surface area contributed by atoms with Crippen LogP contribution in [0.5, 0.6) is 5.75 Å². The number of anilines is 1. The van der Waals surface area contributed by atoms with E-state index in [1.165, 1.54) is 24.1 Å². The molecular formula is C36H41N3O5S. The van der Waals surface area contributed by atoms with Gasteiger partial charge in [0, 0.05) is 19.0 Å². The molecule has 9 heteroatoms. The van der Waals surface area contributed by atoms with Crippen molar-refractivity contribution in [1.82, 2.24) is 10.2 Å². The molecule has 1 N–H and O–H groups in total. The third kappa shape index (κ3) is 8.30. The molecular weight excluding hydrogens is 586 g/mol. The van der Waals surface area contributed by atoms with Crippen molar-refractivity contribution in [3.63, 3.8) is 0 Å². The van der Waals surface area contributed by atoms with Gasteiger partial charge in [-0.25, -0.2) is 8.42 Å². The molecule has 0 aliphatic heterocycles. The van der Waals surface area contributed by atoms with E-state index >= 15 is 0 Å². The number of amides is 2. The number of para-hydroxylation sites is 2. The monoisotopic (exact) mass is 627 g/mol. The van der Waals surface area contributed by atoms with Crippen LogP contribution in [0.1, 0.15) is 36.1 Å². The molecule has 4 aromatic carbocycles. The van der Waals surface area contributed by atoms with Crippen LogP contribution in [0.2, 0.25) is 0 Å². The van der Waals surface area contributed by atoms with Gasteiger partial charge >= 0.3 is 0 Å². The number of hydrogen-bond acceptors (Lipinski definition) is 5. The minimum Gasteiger partial charge on any atom is -0.495 e. The maximum atomic E-state index is 14.6. The third-order valence-corrected chi connectivity index (χ3v) is 9.32. The van der Waals surface area contributed by atoms with Crippen LogP contribution in [0.25, 0.3) is 0 Å². The molecule has 0 unspecified atom stereocenters. The van der Waals surface area contributed by atoms with Gasteiger partial charge in [-0.05, 0) is 68.7 Å². The summed E-state index contributed by atoms with van der Waals surface area (Å²) in [6, 6.07) is 29.2. The van der Waals surface area contributed by atoms with Crippen LogP contribution in [0, 0.1) is 13.8 Å². The van der Waals surface area contributed by atoms with Crippen molar-refractivity contribution in [3.8, 4) is 5.75 Å². The largest absolute Gasteiger partial charge is 0.495 e. The first-order valence-corrected chi connectivity index (χ1v) is 16.4. The number of hydrogen-bond donors (Lipinski definition) is 1. The molecule has 236 valence electrons. The lowest BCUT2D eigenvalue weighted by Gasteiger charge is -2.34. The average Bonchev–Trinajstić information content (AvgIpc) is 3.02. The van der Waals surface area contributed by atoms with E-state index in [4.69, 9.17) is 4.74 Å².